The van der Waals surface area contributed by atoms with Gasteiger partial charge in [0.25, 0.3) is 0 Å². The van der Waals surface area contributed by atoms with Gasteiger partial charge >= 0.3 is 0 Å². The molecule has 7 heteroatoms. The Morgan fingerprint density at radius 3 is 2.38 bits per heavy atom. The number of amides is 1. The van der Waals surface area contributed by atoms with Crippen LogP contribution in [0.5, 0.6) is 0 Å². The monoisotopic (exact) mass is 429 g/mol. The first-order chi connectivity index (χ1) is 15.4. The summed E-state index contributed by atoms with van der Waals surface area (Å²) in [7, 11) is 3.72. The number of aromatic nitrogens is 2. The van der Waals surface area contributed by atoms with Crippen LogP contribution in [0.4, 0.5) is 11.5 Å². The molecular weight excluding hydrogens is 402 g/mol. The van der Waals surface area contributed by atoms with Crippen molar-refractivity contribution >= 4 is 28.5 Å². The molecule has 4 aromatic rings. The van der Waals surface area contributed by atoms with E-state index >= 15 is 0 Å². The third-order valence-electron chi connectivity index (χ3n) is 4.87. The molecule has 2 N–H and O–H groups in total. The van der Waals surface area contributed by atoms with Crippen molar-refractivity contribution in [1.29, 1.82) is 0 Å². The Hall–Kier alpha value is -3.71. The number of carbonyl (C=O) groups is 1. The van der Waals surface area contributed by atoms with Crippen molar-refractivity contribution in [2.45, 2.75) is 19.9 Å². The van der Waals surface area contributed by atoms with Crippen molar-refractivity contribution in [3.63, 3.8) is 0 Å². The molecule has 0 radical (unpaired) electrons. The van der Waals surface area contributed by atoms with Crippen LogP contribution in [-0.4, -0.2) is 47.5 Å². The van der Waals surface area contributed by atoms with Gasteiger partial charge in [-0.15, -0.1) is 0 Å². The summed E-state index contributed by atoms with van der Waals surface area (Å²) < 4.78 is 6.25. The van der Waals surface area contributed by atoms with Crippen LogP contribution in [0.2, 0.25) is 0 Å². The smallest absolute Gasteiger partial charge is 0.238 e. The number of hydrogen-bond acceptors (Lipinski definition) is 6. The first kappa shape index (κ1) is 21.5. The van der Waals surface area contributed by atoms with Gasteiger partial charge in [-0.3, -0.25) is 4.79 Å². The van der Waals surface area contributed by atoms with Crippen LogP contribution in [0, 0.1) is 0 Å². The number of carbonyl (C=O) groups excluding carboxylic acids is 1. The second kappa shape index (κ2) is 9.20. The topological polar surface area (TPSA) is 83.3 Å². The van der Waals surface area contributed by atoms with Crippen LogP contribution in [-0.2, 0) is 4.79 Å². The highest BCUT2D eigenvalue weighted by Gasteiger charge is 2.22. The van der Waals surface area contributed by atoms with E-state index in [9.17, 15) is 4.79 Å². The molecule has 2 aromatic heterocycles. The molecule has 1 amide bonds. The minimum Gasteiger partial charge on any atom is -0.437 e. The highest BCUT2D eigenvalue weighted by molar-refractivity contribution is 6.06. The molecule has 32 heavy (non-hydrogen) atoms. The molecule has 2 heterocycles. The maximum Gasteiger partial charge on any atom is 0.238 e. The van der Waals surface area contributed by atoms with Crippen LogP contribution >= 0.6 is 0 Å². The average molecular weight is 430 g/mol. The summed E-state index contributed by atoms with van der Waals surface area (Å²) in [5.74, 6) is 1.40. The molecule has 0 bridgehead atoms. The number of rotatable bonds is 7. The summed E-state index contributed by atoms with van der Waals surface area (Å²) in [5, 5.41) is 7.17. The SMILES string of the molecule is CC(C)Nc1ncnc2oc(-c3ccc(NC(=O)CN(C)C)cc3)c(-c3ccccc3)c12. The van der Waals surface area contributed by atoms with Crippen LogP contribution in [0.15, 0.2) is 65.3 Å². The number of anilines is 2. The Morgan fingerprint density at radius 1 is 1.00 bits per heavy atom. The molecule has 0 aliphatic heterocycles. The second-order valence-electron chi connectivity index (χ2n) is 8.24. The maximum absolute atomic E-state index is 12.1. The van der Waals surface area contributed by atoms with Crippen molar-refractivity contribution < 1.29 is 9.21 Å². The van der Waals surface area contributed by atoms with Crippen LogP contribution < -0.4 is 10.6 Å². The predicted octanol–water partition coefficient (Wildman–Crippen LogP) is 4.88. The zero-order valence-electron chi connectivity index (χ0n) is 18.7. The number of nitrogens with zero attached hydrogens (tertiary/aromatic N) is 3. The van der Waals surface area contributed by atoms with E-state index < -0.39 is 0 Å². The molecule has 2 aromatic carbocycles. The van der Waals surface area contributed by atoms with E-state index in [2.05, 4.69) is 46.6 Å². The molecular formula is C25H27N5O2. The van der Waals surface area contributed by atoms with Gasteiger partial charge in [0, 0.05) is 22.9 Å². The standard InChI is InChI=1S/C25H27N5O2/c1-16(2)28-24-22-21(17-8-6-5-7-9-17)23(32-25(22)27-15-26-24)18-10-12-19(13-11-18)29-20(31)14-30(3)4/h5-13,15-16H,14H2,1-4H3,(H,29,31)(H,26,27,28). The summed E-state index contributed by atoms with van der Waals surface area (Å²) in [6.45, 7) is 4.47. The van der Waals surface area contributed by atoms with Gasteiger partial charge in [-0.1, -0.05) is 30.3 Å². The third-order valence-corrected chi connectivity index (χ3v) is 4.87. The first-order valence-electron chi connectivity index (χ1n) is 10.6. The van der Waals surface area contributed by atoms with E-state index in [-0.39, 0.29) is 11.9 Å². The zero-order chi connectivity index (χ0) is 22.7. The van der Waals surface area contributed by atoms with E-state index in [1.807, 2.05) is 61.5 Å². The summed E-state index contributed by atoms with van der Waals surface area (Å²) in [6, 6.07) is 17.9. The highest BCUT2D eigenvalue weighted by atomic mass is 16.3. The Balaban J connectivity index is 1.80. The van der Waals surface area contributed by atoms with Gasteiger partial charge < -0.3 is 20.0 Å². The normalized spacial score (nSPS) is 11.3. The molecule has 0 unspecified atom stereocenters. The first-order valence-corrected chi connectivity index (χ1v) is 10.6. The Bertz CT molecular complexity index is 1210. The average Bonchev–Trinajstić information content (AvgIpc) is 3.14. The number of nitrogens with one attached hydrogen (secondary N) is 2. The second-order valence-corrected chi connectivity index (χ2v) is 8.24. The van der Waals surface area contributed by atoms with E-state index in [0.29, 0.717) is 18.0 Å². The van der Waals surface area contributed by atoms with E-state index in [1.165, 1.54) is 6.33 Å². The summed E-state index contributed by atoms with van der Waals surface area (Å²) in [4.78, 5) is 22.8. The third kappa shape index (κ3) is 4.63. The van der Waals surface area contributed by atoms with Gasteiger partial charge in [-0.2, -0.15) is 0 Å². The van der Waals surface area contributed by atoms with Crippen molar-refractivity contribution in [1.82, 2.24) is 14.9 Å². The van der Waals surface area contributed by atoms with Crippen molar-refractivity contribution in [3.05, 3.63) is 60.9 Å². The van der Waals surface area contributed by atoms with Crippen molar-refractivity contribution in [3.8, 4) is 22.5 Å². The molecule has 0 saturated carbocycles. The van der Waals surface area contributed by atoms with E-state index in [4.69, 9.17) is 4.42 Å². The lowest BCUT2D eigenvalue weighted by molar-refractivity contribution is -0.116. The molecule has 164 valence electrons. The van der Waals surface area contributed by atoms with Crippen LogP contribution in [0.1, 0.15) is 13.8 Å². The highest BCUT2D eigenvalue weighted by Crippen LogP contribution is 2.42. The molecule has 0 spiro atoms. The molecule has 7 nitrogen and oxygen atoms in total. The molecule has 0 atom stereocenters. The summed E-state index contributed by atoms with van der Waals surface area (Å²) in [6.07, 6.45) is 1.51. The van der Waals surface area contributed by atoms with Gasteiger partial charge in [-0.25, -0.2) is 9.97 Å². The van der Waals surface area contributed by atoms with Gasteiger partial charge in [0.1, 0.15) is 17.9 Å². The molecule has 4 rings (SSSR count). The lowest BCUT2D eigenvalue weighted by Crippen LogP contribution is -2.27. The minimum atomic E-state index is -0.0591. The van der Waals surface area contributed by atoms with Crippen LogP contribution in [0.25, 0.3) is 33.6 Å². The number of likely N-dealkylation sites (N-methyl/N-ethyl adjacent to an activating group) is 1. The Morgan fingerprint density at radius 2 is 1.72 bits per heavy atom. The fraction of sp³-hybridized carbons (Fsp3) is 0.240. The van der Waals surface area contributed by atoms with E-state index in [1.54, 1.807) is 0 Å². The lowest BCUT2D eigenvalue weighted by atomic mass is 9.99. The maximum atomic E-state index is 12.1. The lowest BCUT2D eigenvalue weighted by Gasteiger charge is -2.11. The predicted molar refractivity (Wildman–Crippen MR) is 129 cm³/mol. The van der Waals surface area contributed by atoms with Gasteiger partial charge in [-0.05, 0) is 57.8 Å². The van der Waals surface area contributed by atoms with Gasteiger partial charge in [0.15, 0.2) is 0 Å². The number of hydrogen-bond donors (Lipinski definition) is 2. The fourth-order valence-corrected chi connectivity index (χ4v) is 3.59. The fourth-order valence-electron chi connectivity index (χ4n) is 3.59. The van der Waals surface area contributed by atoms with Crippen molar-refractivity contribution in [2.24, 2.45) is 0 Å². The quantitative estimate of drug-likeness (QED) is 0.436. The molecule has 0 fully saturated rings. The van der Waals surface area contributed by atoms with Crippen molar-refractivity contribution in [2.75, 3.05) is 31.3 Å². The number of benzene rings is 2. The largest absolute Gasteiger partial charge is 0.437 e. The van der Waals surface area contributed by atoms with Crippen LogP contribution in [0.3, 0.4) is 0 Å². The molecule has 0 aliphatic carbocycles. The number of furan rings is 1. The summed E-state index contributed by atoms with van der Waals surface area (Å²) >= 11 is 0. The number of fused-ring (bicyclic) bond motifs is 1. The Kier molecular flexibility index (Phi) is 6.18. The Labute approximate surface area is 187 Å². The minimum absolute atomic E-state index is 0.0591. The van der Waals surface area contributed by atoms with Gasteiger partial charge in [0.2, 0.25) is 11.6 Å². The summed E-state index contributed by atoms with van der Waals surface area (Å²) in [5.41, 5.74) is 4.11. The zero-order valence-corrected chi connectivity index (χ0v) is 18.7. The molecule has 0 saturated heterocycles. The van der Waals surface area contributed by atoms with E-state index in [0.717, 1.165) is 33.6 Å². The van der Waals surface area contributed by atoms with Gasteiger partial charge in [0.05, 0.1) is 11.9 Å². The molecule has 0 aliphatic rings.